The predicted molar refractivity (Wildman–Crippen MR) is 88.9 cm³/mol. The lowest BCUT2D eigenvalue weighted by Crippen LogP contribution is -2.50. The Morgan fingerprint density at radius 3 is 2.58 bits per heavy atom. The summed E-state index contributed by atoms with van der Waals surface area (Å²) in [7, 11) is 0. The summed E-state index contributed by atoms with van der Waals surface area (Å²) >= 11 is 0. The highest BCUT2D eigenvalue weighted by atomic mass is 16.2. The topological polar surface area (TPSA) is 87.3 Å². The van der Waals surface area contributed by atoms with E-state index in [1.54, 1.807) is 0 Å². The molecular formula is C18H19N3O3. The molecule has 0 radical (unpaired) electrons. The van der Waals surface area contributed by atoms with Crippen molar-refractivity contribution in [2.45, 2.75) is 44.6 Å². The maximum Gasteiger partial charge on any atom is 0.249 e. The molecule has 1 atom stereocenters. The van der Waals surface area contributed by atoms with E-state index in [9.17, 15) is 14.4 Å². The van der Waals surface area contributed by atoms with Gasteiger partial charge >= 0.3 is 0 Å². The zero-order valence-electron chi connectivity index (χ0n) is 13.3. The molecule has 6 nitrogen and oxygen atoms in total. The fourth-order valence-electron chi connectivity index (χ4n) is 3.44. The molecule has 1 unspecified atom stereocenters. The maximum atomic E-state index is 12.1. The molecule has 24 heavy (non-hydrogen) atoms. The number of anilines is 1. The first kappa shape index (κ1) is 14.9. The fraction of sp³-hybridized carbons (Fsp3) is 0.389. The van der Waals surface area contributed by atoms with Crippen molar-refractivity contribution in [2.24, 2.45) is 0 Å². The van der Waals surface area contributed by atoms with Crippen LogP contribution in [0.3, 0.4) is 0 Å². The van der Waals surface area contributed by atoms with E-state index in [0.29, 0.717) is 19.3 Å². The first-order valence-electron chi connectivity index (χ1n) is 8.36. The lowest BCUT2D eigenvalue weighted by molar-refractivity contribution is -0.134. The van der Waals surface area contributed by atoms with Crippen molar-refractivity contribution in [2.75, 3.05) is 5.32 Å². The van der Waals surface area contributed by atoms with Gasteiger partial charge in [0, 0.05) is 17.7 Å². The molecule has 0 spiro atoms. The molecule has 1 aromatic carbocycles. The van der Waals surface area contributed by atoms with Gasteiger partial charge in [-0.1, -0.05) is 18.2 Å². The molecule has 2 aliphatic heterocycles. The summed E-state index contributed by atoms with van der Waals surface area (Å²) in [6.45, 7) is 0. The average molecular weight is 325 g/mol. The normalized spacial score (nSPS) is 22.4. The summed E-state index contributed by atoms with van der Waals surface area (Å²) in [4.78, 5) is 35.2. The highest BCUT2D eigenvalue weighted by Gasteiger charge is 2.30. The van der Waals surface area contributed by atoms with Gasteiger partial charge in [0.1, 0.15) is 6.04 Å². The molecule has 1 aliphatic carbocycles. The summed E-state index contributed by atoms with van der Waals surface area (Å²) in [5.41, 5.74) is 4.98. The van der Waals surface area contributed by atoms with Crippen LogP contribution in [0.25, 0.3) is 5.70 Å². The Kier molecular flexibility index (Phi) is 3.59. The summed E-state index contributed by atoms with van der Waals surface area (Å²) in [6, 6.07) is 5.45. The molecule has 2 heterocycles. The number of hydrogen-bond acceptors (Lipinski definition) is 4. The predicted octanol–water partition coefficient (Wildman–Crippen LogP) is 1.47. The van der Waals surface area contributed by atoms with Crippen LogP contribution in [0.5, 0.6) is 0 Å². The molecule has 4 rings (SSSR count). The lowest BCUT2D eigenvalue weighted by Gasteiger charge is -2.29. The van der Waals surface area contributed by atoms with Crippen molar-refractivity contribution in [3.8, 4) is 0 Å². The summed E-state index contributed by atoms with van der Waals surface area (Å²) in [5, 5.41) is 8.68. The van der Waals surface area contributed by atoms with Gasteiger partial charge in [0.05, 0.1) is 12.1 Å². The molecular weight excluding hydrogens is 306 g/mol. The van der Waals surface area contributed by atoms with Crippen molar-refractivity contribution in [3.05, 3.63) is 34.9 Å². The van der Waals surface area contributed by atoms with E-state index < -0.39 is 6.04 Å². The van der Waals surface area contributed by atoms with Gasteiger partial charge in [-0.25, -0.2) is 0 Å². The van der Waals surface area contributed by atoms with Gasteiger partial charge in [-0.15, -0.1) is 0 Å². The molecule has 1 saturated heterocycles. The van der Waals surface area contributed by atoms with Gasteiger partial charge in [0.2, 0.25) is 17.7 Å². The molecule has 0 bridgehead atoms. The minimum absolute atomic E-state index is 0.00332. The quantitative estimate of drug-likeness (QED) is 0.735. The molecule has 6 heteroatoms. The highest BCUT2D eigenvalue weighted by molar-refractivity contribution is 6.03. The van der Waals surface area contributed by atoms with E-state index in [-0.39, 0.29) is 17.7 Å². The van der Waals surface area contributed by atoms with E-state index in [2.05, 4.69) is 16.0 Å². The largest absolute Gasteiger partial charge is 0.373 e. The third-order valence-electron chi connectivity index (χ3n) is 4.90. The fourth-order valence-corrected chi connectivity index (χ4v) is 3.44. The van der Waals surface area contributed by atoms with Crippen LogP contribution in [0.1, 0.15) is 43.2 Å². The molecule has 2 fully saturated rings. The minimum atomic E-state index is -0.418. The highest BCUT2D eigenvalue weighted by Crippen LogP contribution is 2.38. The number of rotatable bonds is 3. The molecule has 124 valence electrons. The van der Waals surface area contributed by atoms with Gasteiger partial charge in [-0.2, -0.15) is 0 Å². The average Bonchev–Trinajstić information content (AvgIpc) is 2.87. The van der Waals surface area contributed by atoms with Crippen LogP contribution in [-0.4, -0.2) is 23.8 Å². The standard InChI is InChI=1S/C18H19N3O3/c22-14-8-7-13(18(24)21-14)19-16(10-3-1-4-10)12-6-2-5-11-9-15(23)20-17(11)12/h2,5-6,13,19H,1,3-4,7-9H2,(H,20,23)(H,21,22,24). The number of nitrogens with one attached hydrogen (secondary N) is 3. The van der Waals surface area contributed by atoms with Crippen LogP contribution in [0.15, 0.2) is 23.8 Å². The number of hydrogen-bond donors (Lipinski definition) is 3. The van der Waals surface area contributed by atoms with E-state index in [4.69, 9.17) is 0 Å². The van der Waals surface area contributed by atoms with Crippen molar-refractivity contribution in [3.63, 3.8) is 0 Å². The van der Waals surface area contributed by atoms with Gasteiger partial charge in [-0.05, 0) is 36.8 Å². The number of fused-ring (bicyclic) bond motifs is 1. The van der Waals surface area contributed by atoms with Crippen molar-refractivity contribution >= 4 is 29.1 Å². The third-order valence-corrected chi connectivity index (χ3v) is 4.90. The first-order valence-corrected chi connectivity index (χ1v) is 8.36. The van der Waals surface area contributed by atoms with Gasteiger partial charge in [0.25, 0.3) is 0 Å². The van der Waals surface area contributed by atoms with E-state index in [1.807, 2.05) is 18.2 Å². The molecule has 3 aliphatic rings. The number of imide groups is 1. The number of benzene rings is 1. The smallest absolute Gasteiger partial charge is 0.249 e. The Bertz CT molecular complexity index is 776. The number of allylic oxidation sites excluding steroid dienone is 1. The third kappa shape index (κ3) is 2.58. The Morgan fingerprint density at radius 1 is 1.04 bits per heavy atom. The second kappa shape index (κ2) is 5.78. The van der Waals surface area contributed by atoms with Gasteiger partial charge < -0.3 is 10.6 Å². The lowest BCUT2D eigenvalue weighted by atomic mass is 9.87. The van der Waals surface area contributed by atoms with Crippen molar-refractivity contribution in [1.82, 2.24) is 10.6 Å². The molecule has 3 N–H and O–H groups in total. The summed E-state index contributed by atoms with van der Waals surface area (Å²) in [5.74, 6) is -0.500. The Hall–Kier alpha value is -2.63. The second-order valence-corrected chi connectivity index (χ2v) is 6.54. The van der Waals surface area contributed by atoms with Crippen LogP contribution < -0.4 is 16.0 Å². The van der Waals surface area contributed by atoms with Crippen LogP contribution >= 0.6 is 0 Å². The SMILES string of the molecule is O=C1CCC(NC(=C2CCC2)c2cccc3c2NC(=O)C3)C(=O)N1. The van der Waals surface area contributed by atoms with Crippen molar-refractivity contribution < 1.29 is 14.4 Å². The number of para-hydroxylation sites is 1. The zero-order chi connectivity index (χ0) is 16.7. The molecule has 0 aromatic heterocycles. The number of carbonyl (C=O) groups is 3. The van der Waals surface area contributed by atoms with Crippen LogP contribution in [-0.2, 0) is 20.8 Å². The van der Waals surface area contributed by atoms with Gasteiger partial charge in [0.15, 0.2) is 0 Å². The van der Waals surface area contributed by atoms with Crippen LogP contribution in [0.4, 0.5) is 5.69 Å². The zero-order valence-corrected chi connectivity index (χ0v) is 13.3. The monoisotopic (exact) mass is 325 g/mol. The molecule has 1 saturated carbocycles. The van der Waals surface area contributed by atoms with Crippen LogP contribution in [0, 0.1) is 0 Å². The summed E-state index contributed by atoms with van der Waals surface area (Å²) in [6.07, 6.45) is 4.35. The minimum Gasteiger partial charge on any atom is -0.373 e. The Labute approximate surface area is 139 Å². The number of carbonyl (C=O) groups excluding carboxylic acids is 3. The number of piperidine rings is 1. The second-order valence-electron chi connectivity index (χ2n) is 6.54. The maximum absolute atomic E-state index is 12.1. The van der Waals surface area contributed by atoms with Crippen molar-refractivity contribution in [1.29, 1.82) is 0 Å². The molecule has 1 aromatic rings. The first-order chi connectivity index (χ1) is 11.6. The van der Waals surface area contributed by atoms with E-state index in [1.165, 1.54) is 5.57 Å². The van der Waals surface area contributed by atoms with Crippen LogP contribution in [0.2, 0.25) is 0 Å². The Morgan fingerprint density at radius 2 is 1.88 bits per heavy atom. The van der Waals surface area contributed by atoms with Gasteiger partial charge in [-0.3, -0.25) is 19.7 Å². The van der Waals surface area contributed by atoms with E-state index >= 15 is 0 Å². The molecule has 3 amide bonds. The Balaban J connectivity index is 1.68. The van der Waals surface area contributed by atoms with E-state index in [0.717, 1.165) is 41.8 Å². The number of amides is 3. The summed E-state index contributed by atoms with van der Waals surface area (Å²) < 4.78 is 0.